The summed E-state index contributed by atoms with van der Waals surface area (Å²) >= 11 is 6.29. The molecular weight excluding hydrogens is 560 g/mol. The summed E-state index contributed by atoms with van der Waals surface area (Å²) in [4.78, 5) is 39.9. The molecule has 1 aliphatic rings. The number of fused-ring (bicyclic) bond motifs is 2. The van der Waals surface area contributed by atoms with Gasteiger partial charge in [-0.2, -0.15) is 5.10 Å². The van der Waals surface area contributed by atoms with E-state index in [2.05, 4.69) is 21.0 Å². The molecule has 0 radical (unpaired) electrons. The summed E-state index contributed by atoms with van der Waals surface area (Å²) in [5.74, 6) is 0.394. The van der Waals surface area contributed by atoms with E-state index in [4.69, 9.17) is 21.1 Å². The second-order valence-electron chi connectivity index (χ2n) is 9.88. The Kier molecular flexibility index (Phi) is 8.77. The number of aryl methyl sites for hydroxylation is 1. The lowest BCUT2D eigenvalue weighted by Crippen LogP contribution is -2.45. The minimum absolute atomic E-state index is 0.139. The third kappa shape index (κ3) is 6.74. The van der Waals surface area contributed by atoms with E-state index in [-0.39, 0.29) is 19.1 Å². The van der Waals surface area contributed by atoms with Gasteiger partial charge in [-0.15, -0.1) is 0 Å². The van der Waals surface area contributed by atoms with Gasteiger partial charge < -0.3 is 19.7 Å². The quantitative estimate of drug-likeness (QED) is 0.274. The van der Waals surface area contributed by atoms with Crippen LogP contribution in [0, 0.1) is 0 Å². The third-order valence-electron chi connectivity index (χ3n) is 6.96. The number of hydrogen-bond donors (Lipinski definition) is 3. The lowest BCUT2D eigenvalue weighted by Gasteiger charge is -2.30. The van der Waals surface area contributed by atoms with Crippen molar-refractivity contribution in [3.05, 3.63) is 82.9 Å². The monoisotopic (exact) mass is 590 g/mol. The number of amides is 3. The fourth-order valence-corrected chi connectivity index (χ4v) is 5.09. The van der Waals surface area contributed by atoms with Crippen molar-refractivity contribution < 1.29 is 23.9 Å². The first kappa shape index (κ1) is 28.7. The minimum Gasteiger partial charge on any atom is -0.453 e. The second kappa shape index (κ2) is 12.8. The minimum atomic E-state index is -0.667. The summed E-state index contributed by atoms with van der Waals surface area (Å²) in [5, 5.41) is 14.8. The van der Waals surface area contributed by atoms with Crippen molar-refractivity contribution in [2.75, 3.05) is 36.2 Å². The van der Waals surface area contributed by atoms with Gasteiger partial charge in [0.1, 0.15) is 6.04 Å². The first-order chi connectivity index (χ1) is 20.3. The number of nitrogens with one attached hydrogen (secondary N) is 3. The van der Waals surface area contributed by atoms with Crippen molar-refractivity contribution in [3.8, 4) is 0 Å². The number of aromatic nitrogens is 2. The van der Waals surface area contributed by atoms with E-state index >= 15 is 0 Å². The maximum Gasteiger partial charge on any atom is 0.411 e. The summed E-state index contributed by atoms with van der Waals surface area (Å²) in [6, 6.07) is 19.6. The number of hydrogen-bond acceptors (Lipinski definition) is 7. The van der Waals surface area contributed by atoms with Crippen molar-refractivity contribution in [3.63, 3.8) is 0 Å². The van der Waals surface area contributed by atoms with E-state index in [1.165, 1.54) is 7.11 Å². The number of ether oxygens (including phenoxy) is 2. The Labute approximate surface area is 247 Å². The molecule has 3 N–H and O–H groups in total. The molecule has 1 aromatic heterocycles. The summed E-state index contributed by atoms with van der Waals surface area (Å²) < 4.78 is 11.7. The van der Waals surface area contributed by atoms with Crippen molar-refractivity contribution in [1.29, 1.82) is 0 Å². The molecule has 0 fully saturated rings. The highest BCUT2D eigenvalue weighted by Gasteiger charge is 2.28. The van der Waals surface area contributed by atoms with E-state index in [9.17, 15) is 14.4 Å². The molecule has 3 amide bonds. The van der Waals surface area contributed by atoms with Crippen LogP contribution in [0.25, 0.3) is 10.9 Å². The SMILES string of the molecule is COC(=O)Nc1ccc2c(N[C@@H](Cc3ccccc3)C(=O)N3CCCOC(=O)Nc4ccc(Cl)cc4C3)nn(C)c2c1. The van der Waals surface area contributed by atoms with Gasteiger partial charge in [0.15, 0.2) is 5.82 Å². The van der Waals surface area contributed by atoms with E-state index in [0.717, 1.165) is 16.5 Å². The molecule has 3 aromatic carbocycles. The van der Waals surface area contributed by atoms with Crippen LogP contribution < -0.4 is 16.0 Å². The molecule has 0 saturated heterocycles. The van der Waals surface area contributed by atoms with Crippen LogP contribution in [-0.2, 0) is 34.3 Å². The van der Waals surface area contributed by atoms with E-state index in [1.54, 1.807) is 47.0 Å². The largest absolute Gasteiger partial charge is 0.453 e. The van der Waals surface area contributed by atoms with E-state index in [0.29, 0.717) is 47.2 Å². The Balaban J connectivity index is 1.47. The van der Waals surface area contributed by atoms with Gasteiger partial charge in [-0.1, -0.05) is 41.9 Å². The van der Waals surface area contributed by atoms with E-state index in [1.807, 2.05) is 36.4 Å². The van der Waals surface area contributed by atoms with Gasteiger partial charge in [-0.05, 0) is 53.9 Å². The van der Waals surface area contributed by atoms with Crippen LogP contribution in [0.4, 0.5) is 26.8 Å². The molecule has 0 bridgehead atoms. The number of cyclic esters (lactones) is 1. The average molecular weight is 591 g/mol. The fourth-order valence-electron chi connectivity index (χ4n) is 4.90. The zero-order valence-corrected chi connectivity index (χ0v) is 24.0. The molecule has 4 aromatic rings. The van der Waals surface area contributed by atoms with Gasteiger partial charge in [0.05, 0.1) is 19.2 Å². The summed E-state index contributed by atoms with van der Waals surface area (Å²) in [6.45, 7) is 0.784. The van der Waals surface area contributed by atoms with Gasteiger partial charge in [0.2, 0.25) is 5.91 Å². The first-order valence-electron chi connectivity index (χ1n) is 13.4. The summed E-state index contributed by atoms with van der Waals surface area (Å²) in [7, 11) is 3.10. The number of halogens is 1. The van der Waals surface area contributed by atoms with Gasteiger partial charge in [0, 0.05) is 48.3 Å². The number of rotatable bonds is 6. The van der Waals surface area contributed by atoms with Crippen molar-refractivity contribution in [1.82, 2.24) is 14.7 Å². The number of anilines is 3. The maximum absolute atomic E-state index is 14.3. The van der Waals surface area contributed by atoms with Crippen LogP contribution in [0.3, 0.4) is 0 Å². The second-order valence-corrected chi connectivity index (χ2v) is 10.3. The van der Waals surface area contributed by atoms with Crippen LogP contribution in [-0.4, -0.2) is 59.1 Å². The maximum atomic E-state index is 14.3. The third-order valence-corrected chi connectivity index (χ3v) is 7.19. The predicted molar refractivity (Wildman–Crippen MR) is 161 cm³/mol. The predicted octanol–water partition coefficient (Wildman–Crippen LogP) is 5.41. The van der Waals surface area contributed by atoms with Gasteiger partial charge >= 0.3 is 12.2 Å². The summed E-state index contributed by atoms with van der Waals surface area (Å²) in [6.07, 6.45) is -0.244. The molecule has 11 nitrogen and oxygen atoms in total. The molecule has 0 spiro atoms. The van der Waals surface area contributed by atoms with Crippen molar-refractivity contribution >= 4 is 57.8 Å². The Hall–Kier alpha value is -4.77. The lowest BCUT2D eigenvalue weighted by atomic mass is 10.0. The molecule has 1 aliphatic heterocycles. The number of methoxy groups -OCH3 is 1. The van der Waals surface area contributed by atoms with Crippen LogP contribution in [0.15, 0.2) is 66.7 Å². The highest BCUT2D eigenvalue weighted by molar-refractivity contribution is 6.30. The van der Waals surface area contributed by atoms with E-state index < -0.39 is 18.2 Å². The lowest BCUT2D eigenvalue weighted by molar-refractivity contribution is -0.132. The zero-order chi connectivity index (χ0) is 29.6. The van der Waals surface area contributed by atoms with Crippen LogP contribution in [0.5, 0.6) is 0 Å². The number of nitrogens with zero attached hydrogens (tertiary/aromatic N) is 3. The van der Waals surface area contributed by atoms with Crippen LogP contribution in [0.2, 0.25) is 5.02 Å². The Bertz CT molecular complexity index is 1610. The topological polar surface area (TPSA) is 127 Å². The average Bonchev–Trinajstić information content (AvgIpc) is 3.29. The molecule has 0 unspecified atom stereocenters. The molecule has 218 valence electrons. The van der Waals surface area contributed by atoms with Crippen molar-refractivity contribution in [2.45, 2.75) is 25.4 Å². The fraction of sp³-hybridized carbons (Fsp3) is 0.267. The highest BCUT2D eigenvalue weighted by atomic mass is 35.5. The highest BCUT2D eigenvalue weighted by Crippen LogP contribution is 2.28. The Morgan fingerprint density at radius 2 is 1.95 bits per heavy atom. The Morgan fingerprint density at radius 3 is 2.74 bits per heavy atom. The van der Waals surface area contributed by atoms with Gasteiger partial charge in [-0.25, -0.2) is 9.59 Å². The molecule has 12 heteroatoms. The molecule has 0 saturated carbocycles. The molecule has 42 heavy (non-hydrogen) atoms. The van der Waals surface area contributed by atoms with Crippen LogP contribution >= 0.6 is 11.6 Å². The number of benzene rings is 3. The molecule has 2 heterocycles. The van der Waals surface area contributed by atoms with Crippen LogP contribution in [0.1, 0.15) is 17.5 Å². The first-order valence-corrected chi connectivity index (χ1v) is 13.8. The molecule has 0 aliphatic carbocycles. The smallest absolute Gasteiger partial charge is 0.411 e. The van der Waals surface area contributed by atoms with Gasteiger partial charge in [0.25, 0.3) is 0 Å². The standard InChI is InChI=1S/C30H31ClN6O5/c1-36-26-17-22(32-29(39)41-2)10-11-23(26)27(35-36)33-25(15-19-7-4-3-5-8-19)28(38)37-13-6-14-42-30(40)34-24-12-9-21(31)16-20(24)18-37/h3-5,7-12,16-17,25H,6,13-15,18H2,1-2H3,(H,32,39)(H,33,35)(H,34,40)/t25-/m0/s1. The van der Waals surface area contributed by atoms with Crippen molar-refractivity contribution in [2.24, 2.45) is 7.05 Å². The Morgan fingerprint density at radius 1 is 1.14 bits per heavy atom. The zero-order valence-electron chi connectivity index (χ0n) is 23.2. The summed E-state index contributed by atoms with van der Waals surface area (Å²) in [5.41, 5.74) is 3.52. The number of carbonyl (C=O) groups excluding carboxylic acids is 3. The molecule has 5 rings (SSSR count). The normalized spacial score (nSPS) is 14.3. The number of carbonyl (C=O) groups is 3. The molecule has 1 atom stereocenters. The molecular formula is C30H31ClN6O5. The van der Waals surface area contributed by atoms with Gasteiger partial charge in [-0.3, -0.25) is 20.1 Å².